The molecule has 0 rings (SSSR count). The Hall–Kier alpha value is 0.0969. The Labute approximate surface area is 217 Å². The van der Waals surface area contributed by atoms with Crippen molar-refractivity contribution < 1.29 is 8.85 Å². The molecule has 0 N–H and O–H groups in total. The van der Waals surface area contributed by atoms with Crippen LogP contribution in [0.4, 0.5) is 0 Å². The van der Waals surface area contributed by atoms with Gasteiger partial charge in [0.25, 0.3) is 0 Å². The van der Waals surface area contributed by atoms with E-state index < -0.39 is 8.56 Å². The first kappa shape index (κ1) is 33.1. The monoisotopic (exact) mass is 544 g/mol. The molecule has 0 atom stereocenters. The first-order chi connectivity index (χ1) is 16.2. The third-order valence-corrected chi connectivity index (χ3v) is 9.59. The number of hydrogen-bond acceptors (Lipinski definition) is 2. The van der Waals surface area contributed by atoms with E-state index in [0.29, 0.717) is 0 Å². The van der Waals surface area contributed by atoms with E-state index in [-0.39, 0.29) is 0 Å². The fraction of sp³-hybridized carbons (Fsp3) is 0.862. The van der Waals surface area contributed by atoms with E-state index in [1.54, 1.807) is 0 Å². The van der Waals surface area contributed by atoms with Crippen LogP contribution in [0.1, 0.15) is 129 Å². The van der Waals surface area contributed by atoms with Gasteiger partial charge in [-0.1, -0.05) is 99.0 Å². The predicted octanol–water partition coefficient (Wildman–Crippen LogP) is 10.7. The number of alkyl halides is 1. The highest BCUT2D eigenvalue weighted by atomic mass is 79.9. The maximum atomic E-state index is 6.40. The van der Waals surface area contributed by atoms with Crippen molar-refractivity contribution in [3.05, 3.63) is 24.3 Å². The van der Waals surface area contributed by atoms with Crippen LogP contribution in [-0.4, -0.2) is 27.1 Å². The quantitative estimate of drug-likeness (QED) is 0.0466. The van der Waals surface area contributed by atoms with Gasteiger partial charge in [-0.2, -0.15) is 0 Å². The third-order valence-electron chi connectivity index (χ3n) is 6.14. The van der Waals surface area contributed by atoms with Crippen molar-refractivity contribution in [3.8, 4) is 0 Å². The Balaban J connectivity index is 3.92. The molecular weight excluding hydrogens is 488 g/mol. The van der Waals surface area contributed by atoms with Gasteiger partial charge in [0.15, 0.2) is 0 Å². The number of rotatable bonds is 26. The molecule has 2 nitrogen and oxygen atoms in total. The van der Waals surface area contributed by atoms with Gasteiger partial charge in [-0.05, 0) is 83.2 Å². The molecule has 0 aromatic heterocycles. The van der Waals surface area contributed by atoms with Crippen molar-refractivity contribution in [2.45, 2.75) is 142 Å². The number of hydrogen-bond donors (Lipinski definition) is 0. The second-order valence-electron chi connectivity index (χ2n) is 9.61. The van der Waals surface area contributed by atoms with Gasteiger partial charge in [0.1, 0.15) is 0 Å². The Kier molecular flexibility index (Phi) is 26.8. The highest BCUT2D eigenvalue weighted by molar-refractivity contribution is 9.09. The minimum atomic E-state index is -2.03. The molecule has 0 fully saturated rings. The molecule has 0 aliphatic rings. The van der Waals surface area contributed by atoms with Gasteiger partial charge in [-0.3, -0.25) is 0 Å². The highest BCUT2D eigenvalue weighted by Crippen LogP contribution is 2.19. The second-order valence-corrected chi connectivity index (χ2v) is 13.7. The van der Waals surface area contributed by atoms with Gasteiger partial charge in [0.05, 0.1) is 0 Å². The molecule has 33 heavy (non-hydrogen) atoms. The lowest BCUT2D eigenvalue weighted by Crippen LogP contribution is -2.39. The van der Waals surface area contributed by atoms with E-state index in [4.69, 9.17) is 8.85 Å². The van der Waals surface area contributed by atoms with Crippen LogP contribution in [0.25, 0.3) is 0 Å². The molecule has 0 bridgehead atoms. The van der Waals surface area contributed by atoms with Crippen molar-refractivity contribution >= 4 is 24.5 Å². The SMILES string of the molecule is CCCCCC/C=C\CCCCO[Si](C)(CCCCBr)OCCCC/C=C\CCCCCC. The van der Waals surface area contributed by atoms with Gasteiger partial charge in [0.2, 0.25) is 0 Å². The smallest absolute Gasteiger partial charge is 0.334 e. The summed E-state index contributed by atoms with van der Waals surface area (Å²) in [5, 5.41) is 1.08. The van der Waals surface area contributed by atoms with Gasteiger partial charge in [0, 0.05) is 18.5 Å². The fourth-order valence-electron chi connectivity index (χ4n) is 3.88. The largest absolute Gasteiger partial charge is 0.394 e. The van der Waals surface area contributed by atoms with Crippen LogP contribution in [0.2, 0.25) is 12.6 Å². The molecule has 0 saturated heterocycles. The first-order valence-corrected chi connectivity index (χ1v) is 18.0. The summed E-state index contributed by atoms with van der Waals surface area (Å²) < 4.78 is 12.8. The van der Waals surface area contributed by atoms with Crippen molar-refractivity contribution in [3.63, 3.8) is 0 Å². The minimum absolute atomic E-state index is 0.863. The molecule has 4 heteroatoms. The van der Waals surface area contributed by atoms with Crippen LogP contribution in [-0.2, 0) is 8.85 Å². The average Bonchev–Trinajstić information content (AvgIpc) is 2.81. The Bertz CT molecular complexity index is 407. The van der Waals surface area contributed by atoms with Crippen molar-refractivity contribution in [2.24, 2.45) is 0 Å². The Morgan fingerprint density at radius 1 is 0.545 bits per heavy atom. The van der Waals surface area contributed by atoms with Gasteiger partial charge in [-0.25, -0.2) is 0 Å². The Morgan fingerprint density at radius 3 is 1.36 bits per heavy atom. The van der Waals surface area contributed by atoms with E-state index >= 15 is 0 Å². The van der Waals surface area contributed by atoms with E-state index in [1.165, 1.54) is 103 Å². The summed E-state index contributed by atoms with van der Waals surface area (Å²) in [4.78, 5) is 0. The van der Waals surface area contributed by atoms with Gasteiger partial charge >= 0.3 is 8.56 Å². The summed E-state index contributed by atoms with van der Waals surface area (Å²) in [6.45, 7) is 8.56. The fourth-order valence-corrected chi connectivity index (χ4v) is 6.69. The predicted molar refractivity (Wildman–Crippen MR) is 155 cm³/mol. The average molecular weight is 546 g/mol. The maximum absolute atomic E-state index is 6.40. The van der Waals surface area contributed by atoms with E-state index in [0.717, 1.165) is 37.4 Å². The van der Waals surface area contributed by atoms with E-state index in [1.807, 2.05) is 0 Å². The van der Waals surface area contributed by atoms with Gasteiger partial charge in [-0.15, -0.1) is 0 Å². The Morgan fingerprint density at radius 2 is 0.970 bits per heavy atom. The van der Waals surface area contributed by atoms with Crippen LogP contribution in [0.3, 0.4) is 0 Å². The zero-order valence-electron chi connectivity index (χ0n) is 22.6. The second kappa shape index (κ2) is 26.7. The van der Waals surface area contributed by atoms with Gasteiger partial charge < -0.3 is 8.85 Å². The van der Waals surface area contributed by atoms with Crippen molar-refractivity contribution in [1.29, 1.82) is 0 Å². The molecule has 0 amide bonds. The molecule has 0 radical (unpaired) electrons. The van der Waals surface area contributed by atoms with Crippen LogP contribution in [0.15, 0.2) is 24.3 Å². The van der Waals surface area contributed by atoms with Crippen molar-refractivity contribution in [1.82, 2.24) is 0 Å². The lowest BCUT2D eigenvalue weighted by Gasteiger charge is -2.27. The first-order valence-electron chi connectivity index (χ1n) is 14.3. The summed E-state index contributed by atoms with van der Waals surface area (Å²) >= 11 is 3.56. The van der Waals surface area contributed by atoms with Crippen LogP contribution in [0.5, 0.6) is 0 Å². The zero-order chi connectivity index (χ0) is 24.3. The molecule has 0 unspecified atom stereocenters. The lowest BCUT2D eigenvalue weighted by atomic mass is 10.1. The minimum Gasteiger partial charge on any atom is -0.394 e. The maximum Gasteiger partial charge on any atom is 0.334 e. The molecule has 196 valence electrons. The molecular formula is C29H57BrO2Si. The summed E-state index contributed by atoms with van der Waals surface area (Å²) in [5.74, 6) is 0. The summed E-state index contributed by atoms with van der Waals surface area (Å²) in [5.41, 5.74) is 0. The lowest BCUT2D eigenvalue weighted by molar-refractivity contribution is 0.167. The molecule has 0 saturated carbocycles. The van der Waals surface area contributed by atoms with Crippen molar-refractivity contribution in [2.75, 3.05) is 18.5 Å². The van der Waals surface area contributed by atoms with E-state index in [2.05, 4.69) is 60.6 Å². The third kappa shape index (κ3) is 25.0. The number of halogens is 1. The molecule has 0 heterocycles. The highest BCUT2D eigenvalue weighted by Gasteiger charge is 2.30. The summed E-state index contributed by atoms with van der Waals surface area (Å²) in [7, 11) is -2.03. The van der Waals surface area contributed by atoms with Crippen LogP contribution in [0, 0.1) is 0 Å². The molecule has 0 aromatic rings. The molecule has 0 aliphatic heterocycles. The topological polar surface area (TPSA) is 18.5 Å². The summed E-state index contributed by atoms with van der Waals surface area (Å²) in [6, 6.07) is 1.12. The molecule has 0 aliphatic carbocycles. The number of unbranched alkanes of at least 4 members (excludes halogenated alkanes) is 13. The zero-order valence-corrected chi connectivity index (χ0v) is 25.1. The molecule has 0 spiro atoms. The summed E-state index contributed by atoms with van der Waals surface area (Å²) in [6.07, 6.45) is 32.4. The normalized spacial score (nSPS) is 12.5. The standard InChI is InChI=1S/C29H57BrO2Si/c1-4-6-8-10-12-14-16-18-20-23-27-31-33(3,29-25-22-26-30)32-28-24-21-19-17-15-13-11-9-7-5-2/h14-17H,4-13,18-29H2,1-3H3/b16-14-,17-15-. The molecule has 0 aromatic carbocycles. The number of allylic oxidation sites excluding steroid dienone is 4. The van der Waals surface area contributed by atoms with E-state index in [9.17, 15) is 0 Å². The van der Waals surface area contributed by atoms with Crippen LogP contribution < -0.4 is 0 Å². The van der Waals surface area contributed by atoms with Crippen LogP contribution >= 0.6 is 15.9 Å².